The van der Waals surface area contributed by atoms with Crippen molar-refractivity contribution in [2.24, 2.45) is 0 Å². The first kappa shape index (κ1) is 14.9. The van der Waals surface area contributed by atoms with Gasteiger partial charge in [-0.3, -0.25) is 0 Å². The van der Waals surface area contributed by atoms with Crippen LogP contribution < -0.4 is 5.73 Å². The summed E-state index contributed by atoms with van der Waals surface area (Å²) in [6, 6.07) is 4.34. The molecule has 0 fully saturated rings. The van der Waals surface area contributed by atoms with Crippen molar-refractivity contribution in [3.05, 3.63) is 36.0 Å². The molecule has 3 N–H and O–H groups in total. The van der Waals surface area contributed by atoms with Crippen LogP contribution in [-0.4, -0.2) is 35.0 Å². The third-order valence-electron chi connectivity index (χ3n) is 2.68. The molecular formula is C11H9F2N3O4S. The van der Waals surface area contributed by atoms with Gasteiger partial charge in [0.25, 0.3) is 0 Å². The molecule has 0 aliphatic carbocycles. The second kappa shape index (κ2) is 5.13. The number of hydrogen-bond acceptors (Lipinski definition) is 5. The van der Waals surface area contributed by atoms with Gasteiger partial charge in [-0.2, -0.15) is 13.9 Å². The van der Waals surface area contributed by atoms with E-state index in [-0.39, 0.29) is 17.1 Å². The Bertz CT molecular complexity index is 784. The molecule has 21 heavy (non-hydrogen) atoms. The molecule has 10 heteroatoms. The number of carbonyl (C=O) groups is 1. The second-order valence-corrected chi connectivity index (χ2v) is 5.88. The van der Waals surface area contributed by atoms with Gasteiger partial charge in [-0.25, -0.2) is 17.9 Å². The van der Waals surface area contributed by atoms with Crippen molar-refractivity contribution < 1.29 is 27.1 Å². The van der Waals surface area contributed by atoms with Crippen LogP contribution in [0.1, 0.15) is 10.4 Å². The van der Waals surface area contributed by atoms with Gasteiger partial charge in [0.1, 0.15) is 11.4 Å². The van der Waals surface area contributed by atoms with Gasteiger partial charge in [-0.15, -0.1) is 0 Å². The van der Waals surface area contributed by atoms with Crippen LogP contribution in [0.15, 0.2) is 35.4 Å². The number of carboxylic acid groups (broad SMARTS) is 1. The quantitative estimate of drug-likeness (QED) is 0.874. The van der Waals surface area contributed by atoms with Crippen molar-refractivity contribution in [1.82, 2.24) is 9.78 Å². The molecule has 0 bridgehead atoms. The SMILES string of the molecule is Nc1c(C(=O)O)cnn1-c1ccc(S(=O)(=O)C(F)F)cc1. The highest BCUT2D eigenvalue weighted by Crippen LogP contribution is 2.22. The minimum absolute atomic E-state index is 0.160. The van der Waals surface area contributed by atoms with Crippen LogP contribution in [0.25, 0.3) is 5.69 Å². The van der Waals surface area contributed by atoms with Crippen LogP contribution in [0.5, 0.6) is 0 Å². The average Bonchev–Trinajstić information content (AvgIpc) is 2.80. The van der Waals surface area contributed by atoms with Gasteiger partial charge < -0.3 is 10.8 Å². The molecule has 0 aliphatic rings. The molecular weight excluding hydrogens is 308 g/mol. The Morgan fingerprint density at radius 3 is 2.29 bits per heavy atom. The monoisotopic (exact) mass is 317 g/mol. The molecule has 0 atom stereocenters. The topological polar surface area (TPSA) is 115 Å². The molecule has 1 aromatic heterocycles. The highest BCUT2D eigenvalue weighted by atomic mass is 32.2. The zero-order valence-electron chi connectivity index (χ0n) is 10.3. The summed E-state index contributed by atoms with van der Waals surface area (Å²) >= 11 is 0. The summed E-state index contributed by atoms with van der Waals surface area (Å²) in [5.74, 6) is -4.95. The first-order valence-corrected chi connectivity index (χ1v) is 6.99. The maximum atomic E-state index is 12.4. The summed E-state index contributed by atoms with van der Waals surface area (Å²) in [6.45, 7) is 0. The van der Waals surface area contributed by atoms with Crippen molar-refractivity contribution in [3.8, 4) is 5.69 Å². The predicted octanol–water partition coefficient (Wildman–Crippen LogP) is 1.15. The Morgan fingerprint density at radius 2 is 1.86 bits per heavy atom. The van der Waals surface area contributed by atoms with Gasteiger partial charge >= 0.3 is 11.7 Å². The number of nitrogens with two attached hydrogens (primary N) is 1. The molecule has 0 aliphatic heterocycles. The molecule has 1 heterocycles. The van der Waals surface area contributed by atoms with Crippen LogP contribution >= 0.6 is 0 Å². The molecule has 2 rings (SSSR count). The lowest BCUT2D eigenvalue weighted by atomic mass is 10.3. The Balaban J connectivity index is 2.43. The number of carboxylic acids is 1. The minimum Gasteiger partial charge on any atom is -0.477 e. The lowest BCUT2D eigenvalue weighted by molar-refractivity contribution is 0.0698. The van der Waals surface area contributed by atoms with Crippen molar-refractivity contribution >= 4 is 21.6 Å². The molecule has 2 aromatic rings. The summed E-state index contributed by atoms with van der Waals surface area (Å²) in [5.41, 5.74) is 5.61. The van der Waals surface area contributed by atoms with Crippen molar-refractivity contribution in [1.29, 1.82) is 0 Å². The van der Waals surface area contributed by atoms with E-state index < -0.39 is 26.5 Å². The molecule has 0 spiro atoms. The zero-order valence-corrected chi connectivity index (χ0v) is 11.1. The van der Waals surface area contributed by atoms with Crippen LogP contribution in [-0.2, 0) is 9.84 Å². The number of rotatable bonds is 4. The molecule has 0 amide bonds. The van der Waals surface area contributed by atoms with E-state index in [0.717, 1.165) is 23.0 Å². The van der Waals surface area contributed by atoms with Crippen LogP contribution in [0.2, 0.25) is 0 Å². The smallest absolute Gasteiger partial charge is 0.341 e. The van der Waals surface area contributed by atoms with E-state index in [9.17, 15) is 22.0 Å². The van der Waals surface area contributed by atoms with Gasteiger partial charge in [0, 0.05) is 0 Å². The number of nitrogens with zero attached hydrogens (tertiary/aromatic N) is 2. The molecule has 0 radical (unpaired) electrons. The summed E-state index contributed by atoms with van der Waals surface area (Å²) in [5, 5.41) is 12.6. The third kappa shape index (κ3) is 2.57. The Morgan fingerprint density at radius 1 is 1.29 bits per heavy atom. The van der Waals surface area contributed by atoms with E-state index in [4.69, 9.17) is 10.8 Å². The summed E-state index contributed by atoms with van der Waals surface area (Å²) in [6.07, 6.45) is 1.03. The fraction of sp³-hybridized carbons (Fsp3) is 0.0909. The molecule has 1 aromatic carbocycles. The Labute approximate surface area is 117 Å². The van der Waals surface area contributed by atoms with Crippen LogP contribution in [0.4, 0.5) is 14.6 Å². The number of benzene rings is 1. The number of aromatic nitrogens is 2. The lowest BCUT2D eigenvalue weighted by Gasteiger charge is -2.06. The summed E-state index contributed by atoms with van der Waals surface area (Å²) in [7, 11) is -4.68. The van der Waals surface area contributed by atoms with Gasteiger partial charge in [0.15, 0.2) is 0 Å². The standard InChI is InChI=1S/C11H9F2N3O4S/c12-11(13)21(19,20)7-3-1-6(2-4-7)16-9(14)8(5-15-16)10(17)18/h1-5,11H,14H2,(H,17,18). The first-order chi connectivity index (χ1) is 9.75. The van der Waals surface area contributed by atoms with Crippen LogP contribution in [0.3, 0.4) is 0 Å². The van der Waals surface area contributed by atoms with E-state index in [0.29, 0.717) is 0 Å². The molecule has 112 valence electrons. The van der Waals surface area contributed by atoms with Crippen molar-refractivity contribution in [3.63, 3.8) is 0 Å². The number of halogens is 2. The van der Waals surface area contributed by atoms with Gasteiger partial charge in [0.05, 0.1) is 16.8 Å². The average molecular weight is 317 g/mol. The normalized spacial score (nSPS) is 11.8. The molecule has 0 saturated carbocycles. The fourth-order valence-electron chi connectivity index (χ4n) is 1.61. The van der Waals surface area contributed by atoms with E-state index in [2.05, 4.69) is 5.10 Å². The second-order valence-electron chi connectivity index (χ2n) is 3.96. The fourth-order valence-corrected chi connectivity index (χ4v) is 2.33. The lowest BCUT2D eigenvalue weighted by Crippen LogP contribution is -2.11. The molecule has 0 saturated heterocycles. The minimum atomic E-state index is -4.68. The maximum absolute atomic E-state index is 12.4. The van der Waals surface area contributed by atoms with Crippen molar-refractivity contribution in [2.45, 2.75) is 10.7 Å². The predicted molar refractivity (Wildman–Crippen MR) is 68.1 cm³/mol. The van der Waals surface area contributed by atoms with Gasteiger partial charge in [-0.05, 0) is 24.3 Å². The van der Waals surface area contributed by atoms with Crippen LogP contribution in [0, 0.1) is 0 Å². The van der Waals surface area contributed by atoms with Crippen molar-refractivity contribution in [2.75, 3.05) is 5.73 Å². The van der Waals surface area contributed by atoms with E-state index in [1.54, 1.807) is 0 Å². The largest absolute Gasteiger partial charge is 0.477 e. The number of alkyl halides is 2. The van der Waals surface area contributed by atoms with E-state index in [1.807, 2.05) is 0 Å². The van der Waals surface area contributed by atoms with Gasteiger partial charge in [0.2, 0.25) is 9.84 Å². The number of aromatic carboxylic acids is 1. The summed E-state index contributed by atoms with van der Waals surface area (Å²) < 4.78 is 48.4. The highest BCUT2D eigenvalue weighted by molar-refractivity contribution is 7.91. The zero-order chi connectivity index (χ0) is 15.8. The molecule has 7 nitrogen and oxygen atoms in total. The Hall–Kier alpha value is -2.49. The summed E-state index contributed by atoms with van der Waals surface area (Å²) in [4.78, 5) is 10.3. The number of nitrogen functional groups attached to an aromatic ring is 1. The molecule has 0 unspecified atom stereocenters. The third-order valence-corrected chi connectivity index (χ3v) is 4.08. The van der Waals surface area contributed by atoms with Gasteiger partial charge in [-0.1, -0.05) is 0 Å². The first-order valence-electron chi connectivity index (χ1n) is 5.44. The number of anilines is 1. The van der Waals surface area contributed by atoms with E-state index in [1.165, 1.54) is 12.1 Å². The maximum Gasteiger partial charge on any atom is 0.341 e. The highest BCUT2D eigenvalue weighted by Gasteiger charge is 2.26. The number of hydrogen-bond donors (Lipinski definition) is 2. The number of sulfone groups is 1. The Kier molecular flexibility index (Phi) is 3.64. The van der Waals surface area contributed by atoms with E-state index >= 15 is 0 Å².